The number of hydrogen-bond donors (Lipinski definition) is 0. The Labute approximate surface area is 384 Å². The van der Waals surface area contributed by atoms with Gasteiger partial charge in [-0.25, -0.2) is 0 Å². The molecule has 14 rings (SSSR count). The summed E-state index contributed by atoms with van der Waals surface area (Å²) >= 11 is 0. The molecule has 2 aliphatic rings. The Morgan fingerprint density at radius 2 is 0.985 bits per heavy atom. The molecule has 2 aliphatic heterocycles. The molecular weight excluding hydrogens is 802 g/mol. The fourth-order valence-corrected chi connectivity index (χ4v) is 12.2. The molecule has 0 aliphatic carbocycles. The number of para-hydroxylation sites is 4. The van der Waals surface area contributed by atoms with E-state index in [1.807, 2.05) is 0 Å². The highest BCUT2D eigenvalue weighted by atomic mass is 16.5. The zero-order valence-corrected chi connectivity index (χ0v) is 38.0. The average Bonchev–Trinajstić information content (AvgIpc) is 3.95. The van der Waals surface area contributed by atoms with Crippen molar-refractivity contribution in [1.82, 2.24) is 13.7 Å². The molecule has 0 spiro atoms. The minimum atomic E-state index is -0.0637. The summed E-state index contributed by atoms with van der Waals surface area (Å²) in [4.78, 5) is 0. The number of aromatic nitrogens is 3. The maximum Gasteiger partial charge on any atom is 0.256 e. The fraction of sp³-hybridized carbons (Fsp3) is 0.115. The Kier molecular flexibility index (Phi) is 7.51. The summed E-state index contributed by atoms with van der Waals surface area (Å²) in [5.41, 5.74) is 21.9. The number of benzene rings is 9. The summed E-state index contributed by atoms with van der Waals surface area (Å²) < 4.78 is 14.8. The zero-order valence-electron chi connectivity index (χ0n) is 38.0. The largest absolute Gasteiger partial charge is 0.458 e. The number of ether oxygens (including phenoxy) is 1. The van der Waals surface area contributed by atoms with Crippen LogP contribution in [0.2, 0.25) is 0 Å². The van der Waals surface area contributed by atoms with Crippen LogP contribution < -0.4 is 21.1 Å². The van der Waals surface area contributed by atoms with Gasteiger partial charge in [0.05, 0.1) is 27.6 Å². The van der Waals surface area contributed by atoms with E-state index in [0.717, 1.165) is 22.9 Å². The van der Waals surface area contributed by atoms with Crippen molar-refractivity contribution in [2.75, 3.05) is 0 Å². The minimum absolute atomic E-state index is 0.0431. The Bertz CT molecular complexity index is 3990. The molecule has 12 aromatic rings. The summed E-state index contributed by atoms with van der Waals surface area (Å²) in [7, 11) is 0. The topological polar surface area (TPSA) is 24.0 Å². The van der Waals surface area contributed by atoms with Crippen molar-refractivity contribution in [3.8, 4) is 39.7 Å². The molecule has 0 radical (unpaired) electrons. The molecule has 0 saturated carbocycles. The zero-order chi connectivity index (χ0) is 44.3. The van der Waals surface area contributed by atoms with Crippen LogP contribution >= 0.6 is 0 Å². The van der Waals surface area contributed by atoms with Crippen molar-refractivity contribution >= 4 is 88.5 Å². The minimum Gasteiger partial charge on any atom is -0.458 e. The second-order valence-electron chi connectivity index (χ2n) is 19.9. The van der Waals surface area contributed by atoms with E-state index in [4.69, 9.17) is 4.74 Å². The van der Waals surface area contributed by atoms with E-state index in [2.05, 4.69) is 225 Å². The van der Waals surface area contributed by atoms with Crippen LogP contribution in [0.5, 0.6) is 11.5 Å². The van der Waals surface area contributed by atoms with Crippen molar-refractivity contribution in [2.24, 2.45) is 0 Å². The van der Waals surface area contributed by atoms with Crippen LogP contribution in [0.25, 0.3) is 93.6 Å². The lowest BCUT2D eigenvalue weighted by molar-refractivity contribution is 0.483. The molecule has 0 atom stereocenters. The van der Waals surface area contributed by atoms with E-state index in [0.29, 0.717) is 0 Å². The summed E-state index contributed by atoms with van der Waals surface area (Å²) in [6.45, 7) is 13.5. The Hall–Kier alpha value is -7.76. The first-order valence-electron chi connectivity index (χ1n) is 23.3. The van der Waals surface area contributed by atoms with Gasteiger partial charge in [0.1, 0.15) is 11.5 Å². The lowest BCUT2D eigenvalue weighted by Crippen LogP contribution is -2.58. The van der Waals surface area contributed by atoms with Crippen molar-refractivity contribution in [2.45, 2.75) is 47.0 Å². The molecule has 0 bridgehead atoms. The third-order valence-corrected chi connectivity index (χ3v) is 14.9. The number of hydrogen-bond acceptors (Lipinski definition) is 1. The van der Waals surface area contributed by atoms with Gasteiger partial charge in [0.15, 0.2) is 0 Å². The molecule has 314 valence electrons. The van der Waals surface area contributed by atoms with Crippen LogP contribution in [0.4, 0.5) is 0 Å². The first kappa shape index (κ1) is 37.6. The van der Waals surface area contributed by atoms with Gasteiger partial charge in [-0.2, -0.15) is 0 Å². The number of rotatable bonds is 3. The van der Waals surface area contributed by atoms with Gasteiger partial charge in [0.2, 0.25) is 0 Å². The van der Waals surface area contributed by atoms with Crippen LogP contribution in [0, 0.1) is 20.8 Å². The standard InChI is InChI=1S/C61H46BN3O/c1-35-27-36(2)58(37(3)28-35)38-29-55-59-57(30-38)66-56-31-39(61(4,5)6)23-25-48(56)62(59)49-34-41(64-52-21-13-9-17-44(52)45-18-10-14-22-53(45)64)33-47-46-32-40(24-26-54(46)65(55)60(47)49)63-50-19-11-7-15-42(50)43-16-8-12-20-51(43)63/h7-34H,1-6H3. The van der Waals surface area contributed by atoms with E-state index in [1.165, 1.54) is 121 Å². The van der Waals surface area contributed by atoms with Gasteiger partial charge >= 0.3 is 0 Å². The molecule has 0 saturated heterocycles. The Morgan fingerprint density at radius 3 is 1.58 bits per heavy atom. The molecule has 5 heteroatoms. The van der Waals surface area contributed by atoms with Crippen LogP contribution in [-0.4, -0.2) is 20.4 Å². The van der Waals surface area contributed by atoms with Crippen LogP contribution in [-0.2, 0) is 5.41 Å². The highest BCUT2D eigenvalue weighted by Crippen LogP contribution is 2.44. The molecule has 66 heavy (non-hydrogen) atoms. The maximum absolute atomic E-state index is 7.27. The quantitative estimate of drug-likeness (QED) is 0.163. The highest BCUT2D eigenvalue weighted by Gasteiger charge is 2.42. The number of aryl methyl sites for hydroxylation is 3. The van der Waals surface area contributed by atoms with Gasteiger partial charge in [-0.1, -0.05) is 123 Å². The smallest absolute Gasteiger partial charge is 0.256 e. The summed E-state index contributed by atoms with van der Waals surface area (Å²) in [6, 6.07) is 63.9. The van der Waals surface area contributed by atoms with E-state index in [-0.39, 0.29) is 12.1 Å². The first-order valence-corrected chi connectivity index (χ1v) is 23.3. The van der Waals surface area contributed by atoms with Gasteiger partial charge in [0, 0.05) is 54.9 Å². The SMILES string of the molecule is Cc1cc(C)c(-c2cc3c4c(c2)-n2c5ccc(-n6c7ccccc7c7ccccc76)cc5c5cc(-n6c7ccccc7c7ccccc76)cc(c52)B4c2ccc(C(C)(C)C)cc2O3)c(C)c1. The summed E-state index contributed by atoms with van der Waals surface area (Å²) in [5, 5.41) is 7.49. The van der Waals surface area contributed by atoms with Crippen molar-refractivity contribution in [3.63, 3.8) is 0 Å². The average molecular weight is 848 g/mol. The molecule has 4 nitrogen and oxygen atoms in total. The van der Waals surface area contributed by atoms with Gasteiger partial charge in [0.25, 0.3) is 6.71 Å². The van der Waals surface area contributed by atoms with Crippen LogP contribution in [0.1, 0.15) is 43.0 Å². The third-order valence-electron chi connectivity index (χ3n) is 14.9. The summed E-state index contributed by atoms with van der Waals surface area (Å²) in [5.74, 6) is 1.87. The highest BCUT2D eigenvalue weighted by molar-refractivity contribution is 6.99. The number of nitrogens with zero attached hydrogens (tertiary/aromatic N) is 3. The van der Waals surface area contributed by atoms with E-state index in [9.17, 15) is 0 Å². The second-order valence-corrected chi connectivity index (χ2v) is 19.9. The lowest BCUT2D eigenvalue weighted by atomic mass is 9.34. The van der Waals surface area contributed by atoms with Gasteiger partial charge in [-0.15, -0.1) is 0 Å². The molecule has 0 unspecified atom stereocenters. The second kappa shape index (κ2) is 13.2. The normalized spacial score (nSPS) is 13.1. The van der Waals surface area contributed by atoms with Gasteiger partial charge < -0.3 is 18.4 Å². The molecule has 9 aromatic carbocycles. The van der Waals surface area contributed by atoms with Crippen LogP contribution in [0.3, 0.4) is 0 Å². The Morgan fingerprint density at radius 1 is 0.439 bits per heavy atom. The molecule has 0 N–H and O–H groups in total. The molecule has 0 amide bonds. The van der Waals surface area contributed by atoms with Gasteiger partial charge in [-0.05, 0) is 143 Å². The maximum atomic E-state index is 7.27. The number of fused-ring (bicyclic) bond motifs is 13. The van der Waals surface area contributed by atoms with Crippen molar-refractivity contribution in [3.05, 3.63) is 192 Å². The summed E-state index contributed by atoms with van der Waals surface area (Å²) in [6.07, 6.45) is 0. The van der Waals surface area contributed by atoms with E-state index < -0.39 is 0 Å². The molecular formula is C61H46BN3O. The van der Waals surface area contributed by atoms with Crippen LogP contribution in [0.15, 0.2) is 170 Å². The molecule has 5 heterocycles. The lowest BCUT2D eigenvalue weighted by Gasteiger charge is -2.35. The van der Waals surface area contributed by atoms with E-state index >= 15 is 0 Å². The van der Waals surface area contributed by atoms with Crippen molar-refractivity contribution < 1.29 is 4.74 Å². The third kappa shape index (κ3) is 5.06. The van der Waals surface area contributed by atoms with Gasteiger partial charge in [-0.3, -0.25) is 0 Å². The molecule has 3 aromatic heterocycles. The fourth-order valence-electron chi connectivity index (χ4n) is 12.2. The van der Waals surface area contributed by atoms with Crippen molar-refractivity contribution in [1.29, 1.82) is 0 Å². The predicted molar refractivity (Wildman–Crippen MR) is 279 cm³/mol. The predicted octanol–water partition coefficient (Wildman–Crippen LogP) is 13.8. The first-order chi connectivity index (χ1) is 32.1. The van der Waals surface area contributed by atoms with E-state index in [1.54, 1.807) is 0 Å². The Balaban J connectivity index is 1.15. The molecule has 0 fully saturated rings. The monoisotopic (exact) mass is 847 g/mol.